The van der Waals surface area contributed by atoms with E-state index >= 15 is 0 Å². The Hall–Kier alpha value is -4.33. The van der Waals surface area contributed by atoms with Crippen molar-refractivity contribution in [2.45, 2.75) is 13.0 Å². The van der Waals surface area contributed by atoms with Crippen LogP contribution in [-0.2, 0) is 9.59 Å². The van der Waals surface area contributed by atoms with Crippen molar-refractivity contribution in [2.24, 2.45) is 11.0 Å². The van der Waals surface area contributed by atoms with E-state index in [0.29, 0.717) is 22.6 Å². The SMILES string of the molecule is Cc1ccc(N2C(=O)C3C(c4ccc([N+](=O)[O-])cc4)=NN(c4ccccc4)C3C2=O)cc1. The second-order valence-electron chi connectivity index (χ2n) is 7.74. The first-order valence-electron chi connectivity index (χ1n) is 10.1. The van der Waals surface area contributed by atoms with Gasteiger partial charge in [-0.1, -0.05) is 35.9 Å². The third-order valence-corrected chi connectivity index (χ3v) is 5.74. The number of nitro groups is 1. The Kier molecular flexibility index (Phi) is 4.55. The fraction of sp³-hybridized carbons (Fsp3) is 0.125. The lowest BCUT2D eigenvalue weighted by molar-refractivity contribution is -0.384. The first-order valence-corrected chi connectivity index (χ1v) is 10.1. The van der Waals surface area contributed by atoms with Crippen LogP contribution in [0.5, 0.6) is 0 Å². The lowest BCUT2D eigenvalue weighted by Crippen LogP contribution is -2.39. The Morgan fingerprint density at radius 1 is 0.844 bits per heavy atom. The Morgan fingerprint density at radius 2 is 1.50 bits per heavy atom. The van der Waals surface area contributed by atoms with Crippen molar-refractivity contribution in [1.29, 1.82) is 0 Å². The quantitative estimate of drug-likeness (QED) is 0.360. The molecule has 158 valence electrons. The summed E-state index contributed by atoms with van der Waals surface area (Å²) in [6.07, 6.45) is 0. The molecule has 2 atom stereocenters. The molecule has 2 unspecified atom stereocenters. The van der Waals surface area contributed by atoms with Gasteiger partial charge in [0.05, 0.1) is 22.0 Å². The van der Waals surface area contributed by atoms with Gasteiger partial charge in [0.1, 0.15) is 12.0 Å². The summed E-state index contributed by atoms with van der Waals surface area (Å²) in [4.78, 5) is 38.8. The van der Waals surface area contributed by atoms with Gasteiger partial charge in [0.25, 0.3) is 11.6 Å². The summed E-state index contributed by atoms with van der Waals surface area (Å²) in [5, 5.41) is 17.3. The van der Waals surface area contributed by atoms with Crippen LogP contribution in [0.15, 0.2) is 84.0 Å². The van der Waals surface area contributed by atoms with Crippen molar-refractivity contribution in [3.05, 3.63) is 100 Å². The number of amides is 2. The second kappa shape index (κ2) is 7.42. The molecule has 5 rings (SSSR count). The van der Waals surface area contributed by atoms with Gasteiger partial charge in [-0.3, -0.25) is 24.7 Å². The summed E-state index contributed by atoms with van der Waals surface area (Å²) in [5.41, 5.74) is 3.14. The molecular weight excluding hydrogens is 408 g/mol. The first-order chi connectivity index (χ1) is 15.5. The van der Waals surface area contributed by atoms with Gasteiger partial charge < -0.3 is 0 Å². The van der Waals surface area contributed by atoms with Crippen molar-refractivity contribution >= 4 is 34.6 Å². The normalized spacial score (nSPS) is 19.8. The highest BCUT2D eigenvalue weighted by Crippen LogP contribution is 2.39. The van der Waals surface area contributed by atoms with Crippen molar-refractivity contribution in [2.75, 3.05) is 9.91 Å². The minimum atomic E-state index is -0.823. The van der Waals surface area contributed by atoms with Crippen LogP contribution in [0.3, 0.4) is 0 Å². The van der Waals surface area contributed by atoms with E-state index in [1.807, 2.05) is 49.4 Å². The number of hydrogen-bond acceptors (Lipinski definition) is 6. The number of imide groups is 1. The molecule has 3 aromatic rings. The van der Waals surface area contributed by atoms with Crippen LogP contribution in [0.4, 0.5) is 17.1 Å². The van der Waals surface area contributed by atoms with E-state index in [1.54, 1.807) is 29.3 Å². The maximum absolute atomic E-state index is 13.5. The van der Waals surface area contributed by atoms with E-state index in [-0.39, 0.29) is 17.5 Å². The zero-order valence-electron chi connectivity index (χ0n) is 17.1. The van der Waals surface area contributed by atoms with Crippen molar-refractivity contribution in [1.82, 2.24) is 0 Å². The highest BCUT2D eigenvalue weighted by molar-refractivity contribution is 6.34. The van der Waals surface area contributed by atoms with Crippen molar-refractivity contribution in [3.63, 3.8) is 0 Å². The van der Waals surface area contributed by atoms with Crippen LogP contribution >= 0.6 is 0 Å². The lowest BCUT2D eigenvalue weighted by Gasteiger charge is -2.22. The third kappa shape index (κ3) is 3.04. The van der Waals surface area contributed by atoms with Crippen molar-refractivity contribution in [3.8, 4) is 0 Å². The van der Waals surface area contributed by atoms with E-state index in [1.165, 1.54) is 17.0 Å². The number of non-ortho nitro benzene ring substituents is 1. The molecule has 2 aliphatic rings. The summed E-state index contributed by atoms with van der Waals surface area (Å²) in [6.45, 7) is 1.93. The number of aryl methyl sites for hydroxylation is 1. The van der Waals surface area contributed by atoms with Gasteiger partial charge in [-0.15, -0.1) is 0 Å². The molecule has 32 heavy (non-hydrogen) atoms. The summed E-state index contributed by atoms with van der Waals surface area (Å²) in [6, 6.07) is 21.4. The summed E-state index contributed by atoms with van der Waals surface area (Å²) in [5.74, 6) is -1.53. The van der Waals surface area contributed by atoms with Crippen LogP contribution in [-0.4, -0.2) is 28.5 Å². The number of hydrazone groups is 1. The second-order valence-corrected chi connectivity index (χ2v) is 7.74. The molecule has 0 bridgehead atoms. The van der Waals surface area contributed by atoms with Gasteiger partial charge in [-0.2, -0.15) is 5.10 Å². The number of benzene rings is 3. The minimum absolute atomic E-state index is 0.0566. The Morgan fingerprint density at radius 3 is 2.12 bits per heavy atom. The molecule has 0 N–H and O–H groups in total. The number of fused-ring (bicyclic) bond motifs is 1. The van der Waals surface area contributed by atoms with Crippen LogP contribution in [0.1, 0.15) is 11.1 Å². The minimum Gasteiger partial charge on any atom is -0.273 e. The fourth-order valence-corrected chi connectivity index (χ4v) is 4.15. The topological polar surface area (TPSA) is 96.1 Å². The Balaban J connectivity index is 1.61. The number of carbonyl (C=O) groups is 2. The van der Waals surface area contributed by atoms with Crippen LogP contribution in [0.25, 0.3) is 0 Å². The molecule has 0 radical (unpaired) electrons. The molecule has 2 heterocycles. The van der Waals surface area contributed by atoms with Gasteiger partial charge in [0.2, 0.25) is 5.91 Å². The number of para-hydroxylation sites is 1. The first kappa shape index (κ1) is 19.6. The maximum Gasteiger partial charge on any atom is 0.269 e. The van der Waals surface area contributed by atoms with Crippen LogP contribution in [0, 0.1) is 23.0 Å². The molecular formula is C24H18N4O4. The monoisotopic (exact) mass is 426 g/mol. The number of carbonyl (C=O) groups excluding carboxylic acids is 2. The summed E-state index contributed by atoms with van der Waals surface area (Å²) < 4.78 is 0. The van der Waals surface area contributed by atoms with E-state index in [2.05, 4.69) is 5.10 Å². The maximum atomic E-state index is 13.5. The smallest absolute Gasteiger partial charge is 0.269 e. The largest absolute Gasteiger partial charge is 0.273 e. The Bertz CT molecular complexity index is 1250. The summed E-state index contributed by atoms with van der Waals surface area (Å²) in [7, 11) is 0. The van der Waals surface area contributed by atoms with Gasteiger partial charge in [-0.25, -0.2) is 4.90 Å². The fourth-order valence-electron chi connectivity index (χ4n) is 4.15. The average molecular weight is 426 g/mol. The molecule has 2 amide bonds. The average Bonchev–Trinajstić information content (AvgIpc) is 3.32. The number of nitrogens with zero attached hydrogens (tertiary/aromatic N) is 4. The van der Waals surface area contributed by atoms with E-state index in [9.17, 15) is 19.7 Å². The molecule has 0 saturated carbocycles. The number of hydrogen-bond donors (Lipinski definition) is 0. The van der Waals surface area contributed by atoms with Crippen LogP contribution in [0.2, 0.25) is 0 Å². The van der Waals surface area contributed by atoms with Crippen molar-refractivity contribution < 1.29 is 14.5 Å². The van der Waals surface area contributed by atoms with Gasteiger partial charge >= 0.3 is 0 Å². The predicted octanol–water partition coefficient (Wildman–Crippen LogP) is 3.69. The number of nitro benzene ring substituents is 1. The molecule has 0 aromatic heterocycles. The van der Waals surface area contributed by atoms with E-state index < -0.39 is 16.9 Å². The molecule has 0 aliphatic carbocycles. The molecule has 0 spiro atoms. The highest BCUT2D eigenvalue weighted by Gasteiger charge is 2.57. The highest BCUT2D eigenvalue weighted by atomic mass is 16.6. The molecule has 1 fully saturated rings. The van der Waals surface area contributed by atoms with Gasteiger partial charge in [-0.05, 0) is 48.9 Å². The zero-order valence-corrected chi connectivity index (χ0v) is 17.1. The standard InChI is InChI=1S/C24H18N4O4/c1-15-7-11-17(12-8-15)26-23(29)20-21(16-9-13-19(14-10-16)28(31)32)25-27(22(20)24(26)30)18-5-3-2-4-6-18/h2-14,20,22H,1H3. The van der Waals surface area contributed by atoms with Gasteiger partial charge in [0, 0.05) is 12.1 Å². The third-order valence-electron chi connectivity index (χ3n) is 5.74. The van der Waals surface area contributed by atoms with Crippen LogP contribution < -0.4 is 9.91 Å². The van der Waals surface area contributed by atoms with E-state index in [0.717, 1.165) is 5.56 Å². The molecule has 8 heteroatoms. The van der Waals surface area contributed by atoms with E-state index in [4.69, 9.17) is 0 Å². The zero-order chi connectivity index (χ0) is 22.4. The summed E-state index contributed by atoms with van der Waals surface area (Å²) >= 11 is 0. The molecule has 1 saturated heterocycles. The van der Waals surface area contributed by atoms with Gasteiger partial charge in [0.15, 0.2) is 0 Å². The number of anilines is 2. The molecule has 3 aromatic carbocycles. The number of rotatable bonds is 4. The lowest BCUT2D eigenvalue weighted by atomic mass is 9.92. The predicted molar refractivity (Wildman–Crippen MR) is 120 cm³/mol. The Labute approximate surface area is 183 Å². The molecule has 8 nitrogen and oxygen atoms in total. The molecule has 2 aliphatic heterocycles.